The summed E-state index contributed by atoms with van der Waals surface area (Å²) in [6, 6.07) is 19.9. The van der Waals surface area contributed by atoms with E-state index < -0.39 is 0 Å². The number of nitrogens with one attached hydrogen (secondary N) is 1. The van der Waals surface area contributed by atoms with E-state index in [9.17, 15) is 9.59 Å². The summed E-state index contributed by atoms with van der Waals surface area (Å²) >= 11 is 5.88. The van der Waals surface area contributed by atoms with E-state index in [-0.39, 0.29) is 11.3 Å². The molecule has 0 saturated carbocycles. The molecule has 4 aromatic rings. The van der Waals surface area contributed by atoms with Crippen LogP contribution >= 0.6 is 11.6 Å². The predicted molar refractivity (Wildman–Crippen MR) is 127 cm³/mol. The summed E-state index contributed by atoms with van der Waals surface area (Å²) in [5, 5.41) is 3.92. The van der Waals surface area contributed by atoms with Gasteiger partial charge in [0.2, 0.25) is 5.91 Å². The van der Waals surface area contributed by atoms with E-state index in [2.05, 4.69) is 5.32 Å². The Balaban J connectivity index is 1.37. The Morgan fingerprint density at radius 2 is 1.81 bits per heavy atom. The van der Waals surface area contributed by atoms with Crippen LogP contribution in [0.15, 0.2) is 88.3 Å². The van der Waals surface area contributed by atoms with Crippen molar-refractivity contribution in [3.05, 3.63) is 111 Å². The van der Waals surface area contributed by atoms with Crippen molar-refractivity contribution in [3.8, 4) is 5.75 Å². The summed E-state index contributed by atoms with van der Waals surface area (Å²) in [6.07, 6.45) is 4.11. The number of aryl methyl sites for hydroxylation is 1. The summed E-state index contributed by atoms with van der Waals surface area (Å²) in [7, 11) is 0. The molecule has 0 fully saturated rings. The zero-order chi connectivity index (χ0) is 22.5. The minimum atomic E-state index is -0.358. The number of carbonyl (C=O) groups is 1. The van der Waals surface area contributed by atoms with Gasteiger partial charge in [-0.1, -0.05) is 35.4 Å². The van der Waals surface area contributed by atoms with Gasteiger partial charge < -0.3 is 14.5 Å². The van der Waals surface area contributed by atoms with Crippen LogP contribution in [0.3, 0.4) is 0 Å². The second-order valence-electron chi connectivity index (χ2n) is 7.28. The fraction of sp³-hybridized carbons (Fsp3) is 0.0769. The Morgan fingerprint density at radius 3 is 2.56 bits per heavy atom. The zero-order valence-electron chi connectivity index (χ0n) is 17.3. The number of hydrogen-bond donors (Lipinski definition) is 1. The van der Waals surface area contributed by atoms with E-state index >= 15 is 0 Å². The molecule has 0 unspecified atom stereocenters. The van der Waals surface area contributed by atoms with Gasteiger partial charge in [-0.15, -0.1) is 0 Å². The molecule has 1 amide bonds. The van der Waals surface area contributed by atoms with Crippen LogP contribution in [-0.2, 0) is 11.4 Å². The molecule has 4 rings (SSSR count). The Bertz CT molecular complexity index is 1340. The minimum absolute atomic E-state index is 0.179. The second-order valence-corrected chi connectivity index (χ2v) is 7.72. The zero-order valence-corrected chi connectivity index (χ0v) is 18.1. The van der Waals surface area contributed by atoms with Gasteiger partial charge in [0, 0.05) is 16.8 Å². The molecule has 0 aliphatic heterocycles. The molecule has 0 radical (unpaired) electrons. The third-order valence-corrected chi connectivity index (χ3v) is 5.06. The molecule has 1 aromatic heterocycles. The van der Waals surface area contributed by atoms with Crippen LogP contribution in [0.25, 0.3) is 17.0 Å². The van der Waals surface area contributed by atoms with Crippen LogP contribution in [0.2, 0.25) is 5.02 Å². The first-order valence-corrected chi connectivity index (χ1v) is 10.3. The van der Waals surface area contributed by atoms with E-state index in [1.165, 1.54) is 18.4 Å². The van der Waals surface area contributed by atoms with E-state index in [1.807, 2.05) is 37.3 Å². The molecule has 0 aliphatic carbocycles. The number of ether oxygens (including phenoxy) is 1. The van der Waals surface area contributed by atoms with Gasteiger partial charge in [-0.3, -0.25) is 9.59 Å². The molecule has 0 bridgehead atoms. The number of rotatable bonds is 6. The summed E-state index contributed by atoms with van der Waals surface area (Å²) in [6.45, 7) is 2.32. The van der Waals surface area contributed by atoms with Crippen LogP contribution < -0.4 is 15.5 Å². The van der Waals surface area contributed by atoms with Crippen LogP contribution in [0.5, 0.6) is 5.75 Å². The third kappa shape index (κ3) is 5.25. The summed E-state index contributed by atoms with van der Waals surface area (Å²) in [5.74, 6) is 0.320. The molecular formula is C26H20ClNO4. The van der Waals surface area contributed by atoms with Crippen LogP contribution in [0.4, 0.5) is 5.69 Å². The van der Waals surface area contributed by atoms with Gasteiger partial charge in [-0.2, -0.15) is 0 Å². The smallest absolute Gasteiger partial charge is 0.248 e. The normalized spacial score (nSPS) is 11.1. The SMILES string of the molecule is Cc1ccc2occ(/C=C/C(=O)Nc3ccc(OCc4ccc(Cl)cc4)cc3)c(=O)c2c1. The molecule has 6 heteroatoms. The maximum absolute atomic E-state index is 12.6. The Labute approximate surface area is 189 Å². The Hall–Kier alpha value is -3.83. The molecule has 32 heavy (non-hydrogen) atoms. The van der Waals surface area contributed by atoms with E-state index in [1.54, 1.807) is 36.4 Å². The van der Waals surface area contributed by atoms with Gasteiger partial charge in [0.15, 0.2) is 5.43 Å². The molecule has 0 aliphatic rings. The molecule has 1 heterocycles. The van der Waals surface area contributed by atoms with E-state index in [4.69, 9.17) is 20.8 Å². The van der Waals surface area contributed by atoms with Crippen molar-refractivity contribution in [2.75, 3.05) is 5.32 Å². The number of anilines is 1. The minimum Gasteiger partial charge on any atom is -0.489 e. The van der Waals surface area contributed by atoms with Gasteiger partial charge in [0.25, 0.3) is 0 Å². The number of carbonyl (C=O) groups excluding carboxylic acids is 1. The van der Waals surface area contributed by atoms with Crippen molar-refractivity contribution < 1.29 is 13.9 Å². The number of benzene rings is 3. The summed E-state index contributed by atoms with van der Waals surface area (Å²) in [5.41, 5.74) is 3.22. The lowest BCUT2D eigenvalue weighted by atomic mass is 10.1. The first-order valence-electron chi connectivity index (χ1n) is 9.96. The largest absolute Gasteiger partial charge is 0.489 e. The lowest BCUT2D eigenvalue weighted by Gasteiger charge is -2.08. The van der Waals surface area contributed by atoms with Crippen molar-refractivity contribution in [1.29, 1.82) is 0 Å². The van der Waals surface area contributed by atoms with Gasteiger partial charge in [0.1, 0.15) is 24.2 Å². The number of hydrogen-bond acceptors (Lipinski definition) is 4. The van der Waals surface area contributed by atoms with Crippen LogP contribution in [0, 0.1) is 6.92 Å². The monoisotopic (exact) mass is 445 g/mol. The van der Waals surface area contributed by atoms with Gasteiger partial charge in [-0.25, -0.2) is 0 Å². The van der Waals surface area contributed by atoms with Gasteiger partial charge >= 0.3 is 0 Å². The maximum Gasteiger partial charge on any atom is 0.248 e. The van der Waals surface area contributed by atoms with Crippen LogP contribution in [0.1, 0.15) is 16.7 Å². The number of halogens is 1. The standard InChI is InChI=1S/C26H20ClNO4/c1-17-2-12-24-23(14-17)26(30)19(16-32-24)5-13-25(29)28-21-8-10-22(11-9-21)31-15-18-3-6-20(27)7-4-18/h2-14,16H,15H2,1H3,(H,28,29)/b13-5+. The fourth-order valence-electron chi connectivity index (χ4n) is 3.11. The molecular weight excluding hydrogens is 426 g/mol. The predicted octanol–water partition coefficient (Wildman–Crippen LogP) is 5.99. The third-order valence-electron chi connectivity index (χ3n) is 4.81. The number of fused-ring (bicyclic) bond motifs is 1. The van der Waals surface area contributed by atoms with Crippen molar-refractivity contribution in [2.45, 2.75) is 13.5 Å². The van der Waals surface area contributed by atoms with Crippen LogP contribution in [-0.4, -0.2) is 5.91 Å². The topological polar surface area (TPSA) is 68.5 Å². The lowest BCUT2D eigenvalue weighted by molar-refractivity contribution is -0.111. The highest BCUT2D eigenvalue weighted by atomic mass is 35.5. The number of amides is 1. The summed E-state index contributed by atoms with van der Waals surface area (Å²) in [4.78, 5) is 24.9. The average Bonchev–Trinajstić information content (AvgIpc) is 2.79. The molecule has 1 N–H and O–H groups in total. The molecule has 5 nitrogen and oxygen atoms in total. The fourth-order valence-corrected chi connectivity index (χ4v) is 3.23. The second kappa shape index (κ2) is 9.54. The van der Waals surface area contributed by atoms with E-state index in [0.29, 0.717) is 39.6 Å². The quantitative estimate of drug-likeness (QED) is 0.370. The van der Waals surface area contributed by atoms with Gasteiger partial charge in [0.05, 0.1) is 10.9 Å². The average molecular weight is 446 g/mol. The highest BCUT2D eigenvalue weighted by Crippen LogP contribution is 2.18. The summed E-state index contributed by atoms with van der Waals surface area (Å²) < 4.78 is 11.2. The molecule has 0 spiro atoms. The van der Waals surface area contributed by atoms with Crippen molar-refractivity contribution in [3.63, 3.8) is 0 Å². The van der Waals surface area contributed by atoms with Gasteiger partial charge in [-0.05, 0) is 67.1 Å². The van der Waals surface area contributed by atoms with Crippen molar-refractivity contribution >= 4 is 40.2 Å². The van der Waals surface area contributed by atoms with Crippen molar-refractivity contribution in [1.82, 2.24) is 0 Å². The molecule has 0 saturated heterocycles. The van der Waals surface area contributed by atoms with E-state index in [0.717, 1.165) is 11.1 Å². The first kappa shape index (κ1) is 21.4. The Kier molecular flexibility index (Phi) is 6.38. The molecule has 3 aromatic carbocycles. The molecule has 160 valence electrons. The Morgan fingerprint density at radius 1 is 1.06 bits per heavy atom. The van der Waals surface area contributed by atoms with Crippen molar-refractivity contribution in [2.24, 2.45) is 0 Å². The lowest BCUT2D eigenvalue weighted by Crippen LogP contribution is -2.09. The molecule has 0 atom stereocenters. The highest BCUT2D eigenvalue weighted by Gasteiger charge is 2.06. The highest BCUT2D eigenvalue weighted by molar-refractivity contribution is 6.30. The first-order chi connectivity index (χ1) is 15.5. The maximum atomic E-state index is 12.6.